The number of benzene rings is 1. The second-order valence-corrected chi connectivity index (χ2v) is 8.22. The Hall–Kier alpha value is -0.940. The Balaban J connectivity index is 1.94. The van der Waals surface area contributed by atoms with E-state index in [9.17, 15) is 12.8 Å². The fraction of sp³-hybridized carbons (Fsp3) is 0.625. The van der Waals surface area contributed by atoms with Crippen molar-refractivity contribution < 1.29 is 12.8 Å². The first-order valence-corrected chi connectivity index (χ1v) is 9.15. The van der Waals surface area contributed by atoms with Crippen LogP contribution in [0.25, 0.3) is 0 Å². The molecule has 1 heterocycles. The molecule has 1 aromatic carbocycles. The molecule has 21 heavy (non-hydrogen) atoms. The number of hydrogen-bond acceptors (Lipinski definition) is 2. The van der Waals surface area contributed by atoms with E-state index >= 15 is 0 Å². The van der Waals surface area contributed by atoms with Crippen molar-refractivity contribution in [1.29, 1.82) is 0 Å². The molecule has 2 aliphatic rings. The van der Waals surface area contributed by atoms with Crippen LogP contribution in [-0.4, -0.2) is 31.5 Å². The van der Waals surface area contributed by atoms with Crippen LogP contribution in [0, 0.1) is 12.8 Å². The van der Waals surface area contributed by atoms with Crippen molar-refractivity contribution in [3.63, 3.8) is 0 Å². The van der Waals surface area contributed by atoms with Crippen molar-refractivity contribution in [3.05, 3.63) is 29.8 Å². The number of hydrogen-bond donors (Lipinski definition) is 0. The number of halogens is 1. The summed E-state index contributed by atoms with van der Waals surface area (Å²) in [6.45, 7) is 1.93. The topological polar surface area (TPSA) is 37.4 Å². The maximum atomic E-state index is 14.0. The second-order valence-electron chi connectivity index (χ2n) is 6.33. The standard InChI is InChI=1S/C16H22FNO2S/c1-12-6-8-15(9-7-12)21(19,20)18-11-14(17)10-13-4-2-3-5-16(13)18/h6-9,13-14,16H,2-5,10-11H2,1H3/t13-,14?,16-/m0/s1. The molecule has 1 saturated heterocycles. The monoisotopic (exact) mass is 311 g/mol. The van der Waals surface area contributed by atoms with Gasteiger partial charge < -0.3 is 0 Å². The smallest absolute Gasteiger partial charge is 0.243 e. The Morgan fingerprint density at radius 3 is 2.52 bits per heavy atom. The molecule has 1 saturated carbocycles. The van der Waals surface area contributed by atoms with Gasteiger partial charge in [-0.15, -0.1) is 0 Å². The summed E-state index contributed by atoms with van der Waals surface area (Å²) in [5, 5.41) is 0. The maximum absolute atomic E-state index is 14.0. The number of fused-ring (bicyclic) bond motifs is 1. The Labute approximate surface area is 126 Å². The van der Waals surface area contributed by atoms with Crippen molar-refractivity contribution in [2.45, 2.75) is 56.1 Å². The molecular formula is C16H22FNO2S. The van der Waals surface area contributed by atoms with Gasteiger partial charge in [0.25, 0.3) is 0 Å². The normalized spacial score (nSPS) is 30.9. The molecule has 3 nitrogen and oxygen atoms in total. The quantitative estimate of drug-likeness (QED) is 0.840. The molecule has 116 valence electrons. The number of piperidine rings is 1. The van der Waals surface area contributed by atoms with Gasteiger partial charge in [0.1, 0.15) is 6.17 Å². The minimum atomic E-state index is -3.59. The second kappa shape index (κ2) is 5.69. The highest BCUT2D eigenvalue weighted by atomic mass is 32.2. The van der Waals surface area contributed by atoms with Crippen LogP contribution in [0.3, 0.4) is 0 Å². The minimum absolute atomic E-state index is 0.0113. The Bertz CT molecular complexity index is 599. The van der Waals surface area contributed by atoms with Crippen LogP contribution in [-0.2, 0) is 10.0 Å². The minimum Gasteiger partial charge on any atom is -0.246 e. The maximum Gasteiger partial charge on any atom is 0.243 e. The summed E-state index contributed by atoms with van der Waals surface area (Å²) in [5.74, 6) is 0.183. The number of sulfonamides is 1. The number of aryl methyl sites for hydroxylation is 1. The Morgan fingerprint density at radius 1 is 1.14 bits per heavy atom. The van der Waals surface area contributed by atoms with E-state index in [1.165, 1.54) is 4.31 Å². The molecular weight excluding hydrogens is 289 g/mol. The molecule has 1 aliphatic carbocycles. The van der Waals surface area contributed by atoms with Crippen LogP contribution in [0.4, 0.5) is 4.39 Å². The molecule has 2 fully saturated rings. The predicted octanol–water partition coefficient (Wildman–Crippen LogP) is 3.29. The van der Waals surface area contributed by atoms with Crippen molar-refractivity contribution in [2.75, 3.05) is 6.54 Å². The van der Waals surface area contributed by atoms with Gasteiger partial charge in [-0.1, -0.05) is 30.5 Å². The van der Waals surface area contributed by atoms with E-state index in [4.69, 9.17) is 0 Å². The van der Waals surface area contributed by atoms with Gasteiger partial charge in [0, 0.05) is 12.6 Å². The molecule has 1 aliphatic heterocycles. The van der Waals surface area contributed by atoms with E-state index in [1.807, 2.05) is 6.92 Å². The largest absolute Gasteiger partial charge is 0.246 e. The highest BCUT2D eigenvalue weighted by Gasteiger charge is 2.43. The third-order valence-electron chi connectivity index (χ3n) is 4.80. The van der Waals surface area contributed by atoms with Crippen LogP contribution in [0.1, 0.15) is 37.7 Å². The van der Waals surface area contributed by atoms with Crippen LogP contribution in [0.5, 0.6) is 0 Å². The fourth-order valence-electron chi connectivity index (χ4n) is 3.70. The van der Waals surface area contributed by atoms with Crippen LogP contribution >= 0.6 is 0 Å². The molecule has 0 spiro atoms. The molecule has 0 amide bonds. The molecule has 3 atom stereocenters. The van der Waals surface area contributed by atoms with Crippen LogP contribution < -0.4 is 0 Å². The van der Waals surface area contributed by atoms with Gasteiger partial charge in [0.05, 0.1) is 4.90 Å². The zero-order valence-corrected chi connectivity index (χ0v) is 13.2. The van der Waals surface area contributed by atoms with Crippen molar-refractivity contribution in [3.8, 4) is 0 Å². The van der Waals surface area contributed by atoms with Gasteiger partial charge in [0.2, 0.25) is 10.0 Å². The van der Waals surface area contributed by atoms with Crippen LogP contribution in [0.15, 0.2) is 29.2 Å². The van der Waals surface area contributed by atoms with Crippen LogP contribution in [0.2, 0.25) is 0 Å². The molecule has 3 rings (SSSR count). The van der Waals surface area contributed by atoms with E-state index in [0.717, 1.165) is 31.2 Å². The van der Waals surface area contributed by atoms with E-state index < -0.39 is 16.2 Å². The molecule has 1 aromatic rings. The van der Waals surface area contributed by atoms with E-state index in [2.05, 4.69) is 0 Å². The molecule has 0 N–H and O–H groups in total. The molecule has 0 radical (unpaired) electrons. The summed E-state index contributed by atoms with van der Waals surface area (Å²) >= 11 is 0. The van der Waals surface area contributed by atoms with Gasteiger partial charge in [-0.05, 0) is 44.2 Å². The van der Waals surface area contributed by atoms with E-state index in [1.54, 1.807) is 24.3 Å². The number of rotatable bonds is 2. The molecule has 0 bridgehead atoms. The lowest BCUT2D eigenvalue weighted by molar-refractivity contribution is 0.0697. The highest BCUT2D eigenvalue weighted by molar-refractivity contribution is 7.89. The summed E-state index contributed by atoms with van der Waals surface area (Å²) in [4.78, 5) is 0.284. The molecule has 1 unspecified atom stereocenters. The van der Waals surface area contributed by atoms with E-state index in [0.29, 0.717) is 6.42 Å². The van der Waals surface area contributed by atoms with Gasteiger partial charge >= 0.3 is 0 Å². The first-order valence-electron chi connectivity index (χ1n) is 7.71. The van der Waals surface area contributed by atoms with E-state index in [-0.39, 0.29) is 23.4 Å². The summed E-state index contributed by atoms with van der Waals surface area (Å²) < 4.78 is 41.2. The highest BCUT2D eigenvalue weighted by Crippen LogP contribution is 2.38. The van der Waals surface area contributed by atoms with Gasteiger partial charge in [-0.3, -0.25) is 0 Å². The first kappa shape index (κ1) is 15.0. The first-order chi connectivity index (χ1) is 9.98. The lowest BCUT2D eigenvalue weighted by atomic mass is 9.79. The third kappa shape index (κ3) is 2.86. The molecule has 0 aromatic heterocycles. The number of alkyl halides is 1. The van der Waals surface area contributed by atoms with Gasteiger partial charge in [-0.25, -0.2) is 12.8 Å². The van der Waals surface area contributed by atoms with Crippen molar-refractivity contribution in [2.24, 2.45) is 5.92 Å². The van der Waals surface area contributed by atoms with Crippen molar-refractivity contribution in [1.82, 2.24) is 4.31 Å². The Kier molecular flexibility index (Phi) is 4.06. The Morgan fingerprint density at radius 2 is 1.81 bits per heavy atom. The summed E-state index contributed by atoms with van der Waals surface area (Å²) in [7, 11) is -3.59. The third-order valence-corrected chi connectivity index (χ3v) is 6.71. The summed E-state index contributed by atoms with van der Waals surface area (Å²) in [6.07, 6.45) is 3.42. The number of nitrogens with zero attached hydrogens (tertiary/aromatic N) is 1. The average molecular weight is 311 g/mol. The SMILES string of the molecule is Cc1ccc(S(=O)(=O)N2CC(F)C[C@@H]3CCCC[C@@H]32)cc1. The predicted molar refractivity (Wildman–Crippen MR) is 80.3 cm³/mol. The molecule has 5 heteroatoms. The summed E-state index contributed by atoms with van der Waals surface area (Å²) in [6, 6.07) is 6.83. The van der Waals surface area contributed by atoms with Crippen molar-refractivity contribution >= 4 is 10.0 Å². The lowest BCUT2D eigenvalue weighted by Crippen LogP contribution is -2.53. The lowest BCUT2D eigenvalue weighted by Gasteiger charge is -2.44. The summed E-state index contributed by atoms with van der Waals surface area (Å²) in [5.41, 5.74) is 1.02. The zero-order chi connectivity index (χ0) is 15.0. The fourth-order valence-corrected chi connectivity index (χ4v) is 5.44. The van der Waals surface area contributed by atoms with Gasteiger partial charge in [-0.2, -0.15) is 4.31 Å². The average Bonchev–Trinajstić information content (AvgIpc) is 2.46. The van der Waals surface area contributed by atoms with Gasteiger partial charge in [0.15, 0.2) is 0 Å². The zero-order valence-electron chi connectivity index (χ0n) is 12.3.